The van der Waals surface area contributed by atoms with Gasteiger partial charge in [-0.05, 0) is 36.2 Å². The van der Waals surface area contributed by atoms with Gasteiger partial charge in [-0.2, -0.15) is 5.26 Å². The quantitative estimate of drug-likeness (QED) is 0.597. The van der Waals surface area contributed by atoms with Crippen LogP contribution in [0.2, 0.25) is 0 Å². The Morgan fingerprint density at radius 2 is 1.74 bits per heavy atom. The van der Waals surface area contributed by atoms with Crippen LogP contribution in [-0.4, -0.2) is 8.42 Å². The van der Waals surface area contributed by atoms with Gasteiger partial charge in [0, 0.05) is 11.1 Å². The number of benzene rings is 3. The van der Waals surface area contributed by atoms with Gasteiger partial charge in [-0.25, -0.2) is 12.8 Å². The number of hydrogen-bond acceptors (Lipinski definition) is 5. The molecule has 6 nitrogen and oxygen atoms in total. The summed E-state index contributed by atoms with van der Waals surface area (Å²) in [5, 5.41) is 9.93. The Hall–Kier alpha value is -4.09. The number of allylic oxidation sites excluding steroid dienone is 2. The molecule has 2 N–H and O–H groups in total. The van der Waals surface area contributed by atoms with Crippen LogP contribution in [0.4, 0.5) is 10.1 Å². The highest BCUT2D eigenvalue weighted by atomic mass is 32.2. The summed E-state index contributed by atoms with van der Waals surface area (Å²) in [6, 6.07) is 22.2. The molecule has 2 aliphatic heterocycles. The summed E-state index contributed by atoms with van der Waals surface area (Å²) < 4.78 is 49.9. The lowest BCUT2D eigenvalue weighted by Crippen LogP contribution is -2.39. The molecule has 0 bridgehead atoms. The number of ether oxygens (including phenoxy) is 1. The maximum atomic E-state index is 14.5. The number of para-hydroxylation sites is 1. The molecule has 1 unspecified atom stereocenters. The molecular formula is C26H20FN3O3S. The second kappa shape index (κ2) is 8.04. The van der Waals surface area contributed by atoms with E-state index in [1.54, 1.807) is 54.6 Å². The van der Waals surface area contributed by atoms with E-state index in [9.17, 15) is 18.1 Å². The van der Waals surface area contributed by atoms with E-state index in [2.05, 4.69) is 6.07 Å². The molecule has 0 aromatic heterocycles. The fraction of sp³-hybridized carbons (Fsp3) is 0.115. The number of anilines is 1. The van der Waals surface area contributed by atoms with E-state index in [0.29, 0.717) is 16.8 Å². The zero-order valence-electron chi connectivity index (χ0n) is 18.2. The molecule has 0 spiro atoms. The smallest absolute Gasteiger partial charge is 0.265 e. The SMILES string of the molecule is Cc1ccccc1C1C(C#N)=C(N)OC2=C1S(=O)(=O)N(Cc1ccccc1F)c1ccccc12. The standard InChI is InChI=1S/C26H20FN3O3S/c1-16-8-2-4-10-18(16)23-20(14-28)26(29)33-24-19-11-5-7-13-22(19)30(34(31,32)25(23)24)15-17-9-3-6-12-21(17)27/h2-13,23H,15,29H2,1H3. The number of nitriles is 1. The molecule has 170 valence electrons. The zero-order valence-corrected chi connectivity index (χ0v) is 19.0. The number of sulfonamides is 1. The van der Waals surface area contributed by atoms with Gasteiger partial charge in [-0.1, -0.05) is 54.6 Å². The van der Waals surface area contributed by atoms with Crippen LogP contribution in [0.15, 0.2) is 89.2 Å². The van der Waals surface area contributed by atoms with Gasteiger partial charge in [0.05, 0.1) is 18.2 Å². The van der Waals surface area contributed by atoms with Crippen molar-refractivity contribution in [3.63, 3.8) is 0 Å². The molecule has 0 amide bonds. The maximum absolute atomic E-state index is 14.5. The number of rotatable bonds is 3. The predicted octanol–water partition coefficient (Wildman–Crippen LogP) is 4.66. The van der Waals surface area contributed by atoms with E-state index in [-0.39, 0.29) is 34.2 Å². The van der Waals surface area contributed by atoms with Crippen molar-refractivity contribution in [1.82, 2.24) is 0 Å². The van der Waals surface area contributed by atoms with Gasteiger partial charge >= 0.3 is 0 Å². The molecule has 0 saturated carbocycles. The molecule has 3 aromatic rings. The topological polar surface area (TPSA) is 96.4 Å². The molecule has 2 aliphatic rings. The van der Waals surface area contributed by atoms with Gasteiger partial charge in [-0.3, -0.25) is 4.31 Å². The highest BCUT2D eigenvalue weighted by Crippen LogP contribution is 2.51. The Kier molecular flexibility index (Phi) is 5.14. The van der Waals surface area contributed by atoms with Crippen molar-refractivity contribution in [1.29, 1.82) is 5.26 Å². The minimum atomic E-state index is -4.25. The Morgan fingerprint density at radius 1 is 1.06 bits per heavy atom. The summed E-state index contributed by atoms with van der Waals surface area (Å²) in [5.41, 5.74) is 8.67. The Morgan fingerprint density at radius 3 is 2.47 bits per heavy atom. The largest absolute Gasteiger partial charge is 0.439 e. The summed E-state index contributed by atoms with van der Waals surface area (Å²) in [4.78, 5) is -0.0809. The van der Waals surface area contributed by atoms with Crippen molar-refractivity contribution >= 4 is 21.5 Å². The van der Waals surface area contributed by atoms with Crippen LogP contribution in [0.1, 0.15) is 28.2 Å². The van der Waals surface area contributed by atoms with Gasteiger partial charge < -0.3 is 10.5 Å². The average molecular weight is 474 g/mol. The van der Waals surface area contributed by atoms with Crippen molar-refractivity contribution < 1.29 is 17.5 Å². The second-order valence-electron chi connectivity index (χ2n) is 8.10. The fourth-order valence-electron chi connectivity index (χ4n) is 4.48. The Labute approximate surface area is 197 Å². The first-order chi connectivity index (χ1) is 16.3. The third kappa shape index (κ3) is 3.25. The van der Waals surface area contributed by atoms with Crippen LogP contribution in [0.25, 0.3) is 5.76 Å². The summed E-state index contributed by atoms with van der Waals surface area (Å²) in [6.07, 6.45) is 0. The van der Waals surface area contributed by atoms with Crippen molar-refractivity contribution in [3.8, 4) is 6.07 Å². The van der Waals surface area contributed by atoms with Crippen LogP contribution in [0, 0.1) is 24.1 Å². The van der Waals surface area contributed by atoms with Gasteiger partial charge in [0.1, 0.15) is 22.4 Å². The highest BCUT2D eigenvalue weighted by molar-refractivity contribution is 7.96. The number of nitrogens with two attached hydrogens (primary N) is 1. The second-order valence-corrected chi connectivity index (χ2v) is 9.93. The monoisotopic (exact) mass is 473 g/mol. The zero-order chi connectivity index (χ0) is 24.0. The van der Waals surface area contributed by atoms with Gasteiger partial charge in [0.2, 0.25) is 5.88 Å². The molecule has 0 saturated heterocycles. The predicted molar refractivity (Wildman–Crippen MR) is 127 cm³/mol. The first-order valence-corrected chi connectivity index (χ1v) is 12.0. The lowest BCUT2D eigenvalue weighted by molar-refractivity contribution is 0.357. The van der Waals surface area contributed by atoms with E-state index in [1.165, 1.54) is 10.4 Å². The van der Waals surface area contributed by atoms with Gasteiger partial charge in [-0.15, -0.1) is 0 Å². The van der Waals surface area contributed by atoms with E-state index in [1.807, 2.05) is 19.1 Å². The maximum Gasteiger partial charge on any atom is 0.265 e. The summed E-state index contributed by atoms with van der Waals surface area (Å²) >= 11 is 0. The van der Waals surface area contributed by atoms with Gasteiger partial charge in [0.25, 0.3) is 10.0 Å². The van der Waals surface area contributed by atoms with Crippen LogP contribution in [-0.2, 0) is 21.3 Å². The first-order valence-electron chi connectivity index (χ1n) is 10.6. The number of halogens is 1. The molecule has 0 fully saturated rings. The summed E-state index contributed by atoms with van der Waals surface area (Å²) in [7, 11) is -4.25. The minimum absolute atomic E-state index is 0.0156. The van der Waals surface area contributed by atoms with Crippen molar-refractivity contribution in [2.75, 3.05) is 4.31 Å². The Balaban J connectivity index is 1.79. The molecule has 34 heavy (non-hydrogen) atoms. The van der Waals surface area contributed by atoms with Gasteiger partial charge in [0.15, 0.2) is 5.76 Å². The summed E-state index contributed by atoms with van der Waals surface area (Å²) in [6.45, 7) is 1.63. The lowest BCUT2D eigenvalue weighted by Gasteiger charge is -2.38. The van der Waals surface area contributed by atoms with E-state index in [4.69, 9.17) is 10.5 Å². The van der Waals surface area contributed by atoms with E-state index in [0.717, 1.165) is 5.56 Å². The number of fused-ring (bicyclic) bond motifs is 2. The normalized spacial score (nSPS) is 18.6. The number of aryl methyl sites for hydroxylation is 1. The van der Waals surface area contributed by atoms with Crippen molar-refractivity contribution in [2.24, 2.45) is 5.73 Å². The number of hydrogen-bond donors (Lipinski definition) is 1. The van der Waals surface area contributed by atoms with Crippen LogP contribution in [0.3, 0.4) is 0 Å². The minimum Gasteiger partial charge on any atom is -0.439 e. The Bertz CT molecular complexity index is 1540. The number of nitrogens with zero attached hydrogens (tertiary/aromatic N) is 2. The third-order valence-corrected chi connectivity index (χ3v) is 8.01. The van der Waals surface area contributed by atoms with Crippen LogP contribution < -0.4 is 10.0 Å². The first kappa shape index (κ1) is 21.7. The molecule has 8 heteroatoms. The lowest BCUT2D eigenvalue weighted by atomic mass is 9.86. The molecule has 5 rings (SSSR count). The van der Waals surface area contributed by atoms with E-state index >= 15 is 0 Å². The molecule has 2 heterocycles. The molecule has 3 aromatic carbocycles. The van der Waals surface area contributed by atoms with Crippen LogP contribution >= 0.6 is 0 Å². The fourth-order valence-corrected chi connectivity index (χ4v) is 6.38. The average Bonchev–Trinajstić information content (AvgIpc) is 2.82. The summed E-state index contributed by atoms with van der Waals surface area (Å²) in [5.74, 6) is -1.52. The molecule has 0 aliphatic carbocycles. The third-order valence-electron chi connectivity index (χ3n) is 6.13. The molecule has 0 radical (unpaired) electrons. The van der Waals surface area contributed by atoms with Crippen molar-refractivity contribution in [3.05, 3.63) is 117 Å². The van der Waals surface area contributed by atoms with E-state index < -0.39 is 21.8 Å². The molecule has 1 atom stereocenters. The van der Waals surface area contributed by atoms with Crippen LogP contribution in [0.5, 0.6) is 0 Å². The van der Waals surface area contributed by atoms with Crippen molar-refractivity contribution in [2.45, 2.75) is 19.4 Å². The highest BCUT2D eigenvalue weighted by Gasteiger charge is 2.47. The molecular weight excluding hydrogens is 453 g/mol.